The molecule has 3 nitrogen and oxygen atoms in total. The fraction of sp³-hybridized carbons (Fsp3) is 0.733. The van der Waals surface area contributed by atoms with E-state index in [4.69, 9.17) is 4.74 Å². The first-order valence-corrected chi connectivity index (χ1v) is 6.95. The van der Waals surface area contributed by atoms with Crippen molar-refractivity contribution in [3.63, 3.8) is 0 Å². The maximum atomic E-state index is 11.9. The predicted octanol–water partition coefficient (Wildman–Crippen LogP) is 2.31. The maximum absolute atomic E-state index is 11.9. The molecule has 1 aliphatic heterocycles. The second-order valence-electron chi connectivity index (χ2n) is 6.96. The van der Waals surface area contributed by atoms with E-state index in [9.17, 15) is 9.59 Å². The van der Waals surface area contributed by atoms with E-state index >= 15 is 0 Å². The number of hydrogen-bond acceptors (Lipinski definition) is 3. The first-order valence-electron chi connectivity index (χ1n) is 6.95. The SMILES string of the molecule is CC1(C)C2CC3C(=CCC4C(=O)OC(=O)C43)C1C2. The monoisotopic (exact) mass is 246 g/mol. The molecule has 18 heavy (non-hydrogen) atoms. The molecule has 3 saturated carbocycles. The van der Waals surface area contributed by atoms with Crippen molar-refractivity contribution in [3.05, 3.63) is 11.6 Å². The van der Waals surface area contributed by atoms with E-state index in [1.165, 1.54) is 12.0 Å². The molecule has 96 valence electrons. The fourth-order valence-electron chi connectivity index (χ4n) is 4.83. The predicted molar refractivity (Wildman–Crippen MR) is 64.3 cm³/mol. The van der Waals surface area contributed by atoms with Crippen molar-refractivity contribution in [1.29, 1.82) is 0 Å². The van der Waals surface area contributed by atoms with Gasteiger partial charge >= 0.3 is 11.9 Å². The number of allylic oxidation sites excluding steroid dienone is 2. The number of esters is 2. The second kappa shape index (κ2) is 3.06. The standard InChI is InChI=1S/C15H18O3/c1-15(2)7-5-10-8(11(15)6-7)3-4-9-12(10)14(17)18-13(9)16/h3,7,9-12H,4-6H2,1-2H3. The number of cyclic esters (lactones) is 2. The summed E-state index contributed by atoms with van der Waals surface area (Å²) in [5, 5.41) is 0. The van der Waals surface area contributed by atoms with E-state index in [1.807, 2.05) is 0 Å². The zero-order chi connectivity index (χ0) is 12.7. The molecule has 0 radical (unpaired) electrons. The van der Waals surface area contributed by atoms with Gasteiger partial charge in [-0.05, 0) is 42.4 Å². The van der Waals surface area contributed by atoms with Crippen molar-refractivity contribution in [1.82, 2.24) is 0 Å². The van der Waals surface area contributed by atoms with Crippen LogP contribution in [0.15, 0.2) is 11.6 Å². The molecule has 1 heterocycles. The minimum absolute atomic E-state index is 0.168. The van der Waals surface area contributed by atoms with E-state index in [2.05, 4.69) is 19.9 Å². The molecule has 1 saturated heterocycles. The average molecular weight is 246 g/mol. The molecule has 5 rings (SSSR count). The molecule has 0 aromatic heterocycles. The van der Waals surface area contributed by atoms with Gasteiger partial charge in [-0.2, -0.15) is 0 Å². The highest BCUT2D eigenvalue weighted by molar-refractivity contribution is 5.97. The molecule has 0 N–H and O–H groups in total. The lowest BCUT2D eigenvalue weighted by Crippen LogP contribution is -2.55. The molecule has 5 atom stereocenters. The molecule has 5 unspecified atom stereocenters. The Balaban J connectivity index is 1.74. The normalized spacial score (nSPS) is 47.7. The molecule has 3 heteroatoms. The van der Waals surface area contributed by atoms with Gasteiger partial charge in [-0.3, -0.25) is 9.59 Å². The Labute approximate surface area is 107 Å². The van der Waals surface area contributed by atoms with Gasteiger partial charge in [0.05, 0.1) is 11.8 Å². The fourth-order valence-corrected chi connectivity index (χ4v) is 4.83. The first kappa shape index (κ1) is 10.8. The van der Waals surface area contributed by atoms with Gasteiger partial charge in [-0.25, -0.2) is 0 Å². The van der Waals surface area contributed by atoms with Gasteiger partial charge in [0.1, 0.15) is 0 Å². The van der Waals surface area contributed by atoms with Crippen LogP contribution in [0.5, 0.6) is 0 Å². The summed E-state index contributed by atoms with van der Waals surface area (Å²) in [4.78, 5) is 23.5. The molecule has 4 fully saturated rings. The van der Waals surface area contributed by atoms with Gasteiger partial charge in [-0.15, -0.1) is 0 Å². The van der Waals surface area contributed by atoms with E-state index in [0.29, 0.717) is 29.6 Å². The van der Waals surface area contributed by atoms with Crippen LogP contribution >= 0.6 is 0 Å². The van der Waals surface area contributed by atoms with Crippen LogP contribution in [0, 0.1) is 35.0 Å². The zero-order valence-electron chi connectivity index (χ0n) is 10.8. The van der Waals surface area contributed by atoms with Gasteiger partial charge in [0.25, 0.3) is 0 Å². The van der Waals surface area contributed by atoms with Gasteiger partial charge < -0.3 is 4.74 Å². The van der Waals surface area contributed by atoms with E-state index in [1.54, 1.807) is 0 Å². The number of fused-ring (bicyclic) bond motifs is 1. The Morgan fingerprint density at radius 1 is 1.17 bits per heavy atom. The minimum Gasteiger partial charge on any atom is -0.393 e. The molecule has 0 amide bonds. The van der Waals surface area contributed by atoms with Crippen molar-refractivity contribution in [2.45, 2.75) is 33.1 Å². The number of hydrogen-bond donors (Lipinski definition) is 0. The number of ether oxygens (including phenoxy) is 1. The van der Waals surface area contributed by atoms with Gasteiger partial charge in [0.15, 0.2) is 0 Å². The van der Waals surface area contributed by atoms with Gasteiger partial charge in [0, 0.05) is 0 Å². The highest BCUT2D eigenvalue weighted by Crippen LogP contribution is 2.66. The van der Waals surface area contributed by atoms with Crippen molar-refractivity contribution in [3.8, 4) is 0 Å². The van der Waals surface area contributed by atoms with Crippen molar-refractivity contribution in [2.24, 2.45) is 35.0 Å². The lowest BCUT2D eigenvalue weighted by atomic mass is 9.42. The average Bonchev–Trinajstić information content (AvgIpc) is 2.64. The summed E-state index contributed by atoms with van der Waals surface area (Å²) >= 11 is 0. The van der Waals surface area contributed by atoms with Crippen molar-refractivity contribution >= 4 is 11.9 Å². The molecule has 2 bridgehead atoms. The van der Waals surface area contributed by atoms with Crippen LogP contribution < -0.4 is 0 Å². The minimum atomic E-state index is -0.293. The van der Waals surface area contributed by atoms with Crippen LogP contribution in [0.4, 0.5) is 0 Å². The van der Waals surface area contributed by atoms with Gasteiger partial charge in [0.2, 0.25) is 0 Å². The third-order valence-electron chi connectivity index (χ3n) is 6.09. The Bertz CT molecular complexity index is 488. The van der Waals surface area contributed by atoms with E-state index < -0.39 is 0 Å². The zero-order valence-corrected chi connectivity index (χ0v) is 10.8. The van der Waals surface area contributed by atoms with Crippen LogP contribution in [-0.2, 0) is 14.3 Å². The topological polar surface area (TPSA) is 43.4 Å². The lowest BCUT2D eigenvalue weighted by Gasteiger charge is -2.61. The third kappa shape index (κ3) is 1.07. The van der Waals surface area contributed by atoms with Crippen molar-refractivity contribution in [2.75, 3.05) is 0 Å². The van der Waals surface area contributed by atoms with Crippen LogP contribution in [0.2, 0.25) is 0 Å². The van der Waals surface area contributed by atoms with Crippen molar-refractivity contribution < 1.29 is 14.3 Å². The molecule has 5 aliphatic rings. The summed E-state index contributed by atoms with van der Waals surface area (Å²) in [6.07, 6.45) is 5.29. The second-order valence-corrected chi connectivity index (χ2v) is 6.96. The summed E-state index contributed by atoms with van der Waals surface area (Å²) < 4.78 is 4.85. The Hall–Kier alpha value is -1.12. The number of carbonyl (C=O) groups is 2. The smallest absolute Gasteiger partial charge is 0.318 e. The Morgan fingerprint density at radius 3 is 2.67 bits per heavy atom. The third-order valence-corrected chi connectivity index (χ3v) is 6.09. The number of rotatable bonds is 0. The number of carbonyl (C=O) groups excluding carboxylic acids is 2. The van der Waals surface area contributed by atoms with Crippen LogP contribution in [0.1, 0.15) is 33.1 Å². The van der Waals surface area contributed by atoms with Crippen LogP contribution in [0.3, 0.4) is 0 Å². The summed E-state index contributed by atoms with van der Waals surface area (Å²) in [6.45, 7) is 4.68. The Kier molecular flexibility index (Phi) is 1.83. The Morgan fingerprint density at radius 2 is 1.94 bits per heavy atom. The lowest BCUT2D eigenvalue weighted by molar-refractivity contribution is -0.154. The molecule has 0 aromatic rings. The molecule has 0 aromatic carbocycles. The molecular formula is C15H18O3. The largest absolute Gasteiger partial charge is 0.393 e. The maximum Gasteiger partial charge on any atom is 0.318 e. The van der Waals surface area contributed by atoms with Gasteiger partial charge in [-0.1, -0.05) is 25.5 Å². The van der Waals surface area contributed by atoms with Crippen LogP contribution in [0.25, 0.3) is 0 Å². The summed E-state index contributed by atoms with van der Waals surface area (Å²) in [7, 11) is 0. The summed E-state index contributed by atoms with van der Waals surface area (Å²) in [5.41, 5.74) is 1.84. The quantitative estimate of drug-likeness (QED) is 0.374. The molecule has 0 spiro atoms. The van der Waals surface area contributed by atoms with E-state index in [-0.39, 0.29) is 23.8 Å². The molecule has 4 aliphatic carbocycles. The van der Waals surface area contributed by atoms with E-state index in [0.717, 1.165) is 6.42 Å². The first-order chi connectivity index (χ1) is 8.50. The highest BCUT2D eigenvalue weighted by atomic mass is 16.6. The van der Waals surface area contributed by atoms with Crippen LogP contribution in [-0.4, -0.2) is 11.9 Å². The highest BCUT2D eigenvalue weighted by Gasteiger charge is 2.61. The summed E-state index contributed by atoms with van der Waals surface area (Å²) in [6, 6.07) is 0. The summed E-state index contributed by atoms with van der Waals surface area (Å²) in [5.74, 6) is 0.723. The molecular weight excluding hydrogens is 228 g/mol.